The van der Waals surface area contributed by atoms with Crippen molar-refractivity contribution in [1.82, 2.24) is 4.98 Å². The second-order valence-electron chi connectivity index (χ2n) is 7.26. The fraction of sp³-hybridized carbons (Fsp3) is 0.167. The monoisotopic (exact) mass is 452 g/mol. The zero-order chi connectivity index (χ0) is 21.3. The van der Waals surface area contributed by atoms with Crippen LogP contribution in [0.4, 0.5) is 5.69 Å². The van der Waals surface area contributed by atoms with Gasteiger partial charge in [0.25, 0.3) is 5.91 Å². The second-order valence-corrected chi connectivity index (χ2v) is 9.92. The number of carbonyl (C=O) groups excluding carboxylic acids is 1. The minimum atomic E-state index is -0.218. The summed E-state index contributed by atoms with van der Waals surface area (Å²) in [7, 11) is 0. The van der Waals surface area contributed by atoms with E-state index in [2.05, 4.69) is 38.2 Å². The lowest BCUT2D eigenvalue weighted by Crippen LogP contribution is -2.12. The average molecular weight is 453 g/mol. The van der Waals surface area contributed by atoms with Crippen LogP contribution in [0.1, 0.15) is 32.6 Å². The summed E-state index contributed by atoms with van der Waals surface area (Å²) in [6.07, 6.45) is 0. The predicted octanol–water partition coefficient (Wildman–Crippen LogP) is 7.42. The quantitative estimate of drug-likeness (QED) is 0.320. The first-order valence-electron chi connectivity index (χ1n) is 9.57. The van der Waals surface area contributed by atoms with Crippen molar-refractivity contribution in [1.29, 1.82) is 0 Å². The summed E-state index contributed by atoms with van der Waals surface area (Å²) in [5, 5.41) is 3.37. The number of anilines is 1. The van der Waals surface area contributed by atoms with Gasteiger partial charge in [-0.3, -0.25) is 4.79 Å². The summed E-state index contributed by atoms with van der Waals surface area (Å²) >= 11 is 9.53. The number of thioether (sulfide) groups is 1. The molecule has 0 spiro atoms. The molecule has 0 saturated carbocycles. The van der Waals surface area contributed by atoms with Crippen LogP contribution >= 0.6 is 34.7 Å². The Morgan fingerprint density at radius 1 is 1.07 bits per heavy atom. The first-order valence-corrected chi connectivity index (χ1v) is 11.7. The third-order valence-corrected chi connectivity index (χ3v) is 7.44. The summed E-state index contributed by atoms with van der Waals surface area (Å²) in [4.78, 5) is 17.3. The summed E-state index contributed by atoms with van der Waals surface area (Å²) in [5.41, 5.74) is 7.45. The van der Waals surface area contributed by atoms with E-state index in [-0.39, 0.29) is 5.91 Å². The third kappa shape index (κ3) is 4.53. The number of halogens is 1. The van der Waals surface area contributed by atoms with Crippen LogP contribution in [0.2, 0.25) is 5.02 Å². The number of thiazole rings is 1. The molecule has 0 atom stereocenters. The number of carbonyl (C=O) groups is 1. The number of hydrogen-bond acceptors (Lipinski definition) is 4. The highest BCUT2D eigenvalue weighted by Gasteiger charge is 2.12. The molecule has 6 heteroatoms. The highest BCUT2D eigenvalue weighted by atomic mass is 35.5. The van der Waals surface area contributed by atoms with Gasteiger partial charge in [-0.05, 0) is 67.8 Å². The van der Waals surface area contributed by atoms with Crippen LogP contribution in [0.15, 0.2) is 58.9 Å². The molecule has 3 aromatic carbocycles. The number of aryl methyl sites for hydroxylation is 3. The van der Waals surface area contributed by atoms with Gasteiger partial charge in [0.15, 0.2) is 4.34 Å². The molecule has 1 N–H and O–H groups in total. The Kier molecular flexibility index (Phi) is 6.14. The Hall–Kier alpha value is -2.34. The molecule has 1 aromatic heterocycles. The van der Waals surface area contributed by atoms with Crippen molar-refractivity contribution in [2.75, 3.05) is 5.32 Å². The van der Waals surface area contributed by atoms with Crippen LogP contribution in [0.5, 0.6) is 0 Å². The molecule has 0 aliphatic rings. The van der Waals surface area contributed by atoms with Crippen LogP contribution < -0.4 is 5.32 Å². The Balaban J connectivity index is 1.50. The van der Waals surface area contributed by atoms with Gasteiger partial charge in [0.05, 0.1) is 20.8 Å². The molecular weight excluding hydrogens is 432 g/mol. The van der Waals surface area contributed by atoms with Gasteiger partial charge in [0, 0.05) is 11.4 Å². The molecule has 1 heterocycles. The molecule has 152 valence electrons. The molecule has 0 aliphatic carbocycles. The predicted molar refractivity (Wildman–Crippen MR) is 129 cm³/mol. The van der Waals surface area contributed by atoms with E-state index in [1.54, 1.807) is 47.4 Å². The number of amides is 1. The highest BCUT2D eigenvalue weighted by Crippen LogP contribution is 2.34. The molecule has 0 bridgehead atoms. The summed E-state index contributed by atoms with van der Waals surface area (Å²) in [5.74, 6) is 0.679. The van der Waals surface area contributed by atoms with E-state index in [9.17, 15) is 4.79 Å². The van der Waals surface area contributed by atoms with Gasteiger partial charge >= 0.3 is 0 Å². The van der Waals surface area contributed by atoms with Crippen LogP contribution in [-0.4, -0.2) is 10.9 Å². The molecule has 0 saturated heterocycles. The lowest BCUT2D eigenvalue weighted by Gasteiger charge is -2.10. The van der Waals surface area contributed by atoms with Crippen molar-refractivity contribution >= 4 is 56.5 Å². The molecule has 0 unspecified atom stereocenters. The third-order valence-electron chi connectivity index (χ3n) is 4.93. The smallest absolute Gasteiger partial charge is 0.257 e. The fourth-order valence-electron chi connectivity index (χ4n) is 3.46. The Bertz CT molecular complexity index is 1230. The Labute approximate surface area is 189 Å². The topological polar surface area (TPSA) is 42.0 Å². The molecule has 3 nitrogen and oxygen atoms in total. The molecular formula is C24H21ClN2OS2. The van der Waals surface area contributed by atoms with E-state index in [1.165, 1.54) is 22.3 Å². The van der Waals surface area contributed by atoms with E-state index in [1.807, 2.05) is 18.2 Å². The minimum absolute atomic E-state index is 0.218. The van der Waals surface area contributed by atoms with Gasteiger partial charge in [0.1, 0.15) is 0 Å². The zero-order valence-electron chi connectivity index (χ0n) is 17.0. The van der Waals surface area contributed by atoms with Gasteiger partial charge in [-0.1, -0.05) is 53.2 Å². The SMILES string of the molecule is Cc1cc(C)c(CSc2nc3ccc(NC(=O)c4ccccc4Cl)cc3s2)c(C)c1. The highest BCUT2D eigenvalue weighted by molar-refractivity contribution is 8.00. The van der Waals surface area contributed by atoms with E-state index >= 15 is 0 Å². The van der Waals surface area contributed by atoms with E-state index in [0.29, 0.717) is 10.6 Å². The van der Waals surface area contributed by atoms with Crippen molar-refractivity contribution < 1.29 is 4.79 Å². The van der Waals surface area contributed by atoms with Gasteiger partial charge < -0.3 is 5.32 Å². The van der Waals surface area contributed by atoms with E-state index in [4.69, 9.17) is 16.6 Å². The molecule has 1 amide bonds. The standard InChI is InChI=1S/C24H21ClN2OS2/c1-14-10-15(2)19(16(3)11-14)13-29-24-27-21-9-8-17(12-22(21)30-24)26-23(28)18-6-4-5-7-20(18)25/h4-12H,13H2,1-3H3,(H,26,28). The fourth-order valence-corrected chi connectivity index (χ4v) is 5.98. The minimum Gasteiger partial charge on any atom is -0.322 e. The van der Waals surface area contributed by atoms with E-state index in [0.717, 1.165) is 26.0 Å². The van der Waals surface area contributed by atoms with Crippen LogP contribution in [0.25, 0.3) is 10.2 Å². The van der Waals surface area contributed by atoms with Gasteiger partial charge in [-0.25, -0.2) is 4.98 Å². The van der Waals surface area contributed by atoms with Gasteiger partial charge in [-0.15, -0.1) is 11.3 Å². The molecule has 0 radical (unpaired) electrons. The molecule has 0 fully saturated rings. The number of rotatable bonds is 5. The molecule has 0 aliphatic heterocycles. The lowest BCUT2D eigenvalue weighted by molar-refractivity contribution is 0.102. The summed E-state index contributed by atoms with van der Waals surface area (Å²) < 4.78 is 2.07. The molecule has 4 aromatic rings. The number of nitrogens with one attached hydrogen (secondary N) is 1. The van der Waals surface area contributed by atoms with Crippen LogP contribution in [0, 0.1) is 20.8 Å². The maximum atomic E-state index is 12.5. The summed E-state index contributed by atoms with van der Waals surface area (Å²) in [6.45, 7) is 6.47. The van der Waals surface area contributed by atoms with Gasteiger partial charge in [0.2, 0.25) is 0 Å². The maximum absolute atomic E-state index is 12.5. The second kappa shape index (κ2) is 8.80. The van der Waals surface area contributed by atoms with Crippen molar-refractivity contribution in [3.63, 3.8) is 0 Å². The zero-order valence-corrected chi connectivity index (χ0v) is 19.3. The van der Waals surface area contributed by atoms with E-state index < -0.39 is 0 Å². The average Bonchev–Trinajstić information content (AvgIpc) is 3.09. The van der Waals surface area contributed by atoms with Crippen LogP contribution in [-0.2, 0) is 5.75 Å². The van der Waals surface area contributed by atoms with Gasteiger partial charge in [-0.2, -0.15) is 0 Å². The molecule has 4 rings (SSSR count). The Morgan fingerprint density at radius 3 is 2.53 bits per heavy atom. The van der Waals surface area contributed by atoms with Crippen molar-refractivity contribution in [3.05, 3.63) is 87.4 Å². The number of benzene rings is 3. The number of fused-ring (bicyclic) bond motifs is 1. The maximum Gasteiger partial charge on any atom is 0.257 e. The van der Waals surface area contributed by atoms with Crippen molar-refractivity contribution in [2.24, 2.45) is 0 Å². The van der Waals surface area contributed by atoms with Crippen molar-refractivity contribution in [2.45, 2.75) is 30.9 Å². The largest absolute Gasteiger partial charge is 0.322 e. The Morgan fingerprint density at radius 2 is 1.80 bits per heavy atom. The number of nitrogens with zero attached hydrogens (tertiary/aromatic N) is 1. The summed E-state index contributed by atoms with van der Waals surface area (Å²) in [6, 6.07) is 17.3. The lowest BCUT2D eigenvalue weighted by atomic mass is 10.0. The van der Waals surface area contributed by atoms with Crippen LogP contribution in [0.3, 0.4) is 0 Å². The number of hydrogen-bond donors (Lipinski definition) is 1. The number of aromatic nitrogens is 1. The first-order chi connectivity index (χ1) is 14.4. The molecule has 30 heavy (non-hydrogen) atoms. The first kappa shape index (κ1) is 20.9. The van der Waals surface area contributed by atoms with Crippen molar-refractivity contribution in [3.8, 4) is 0 Å². The normalized spacial score (nSPS) is 11.1.